The van der Waals surface area contributed by atoms with Crippen LogP contribution >= 0.6 is 12.6 Å². The molecule has 0 aliphatic carbocycles. The van der Waals surface area contributed by atoms with Crippen molar-refractivity contribution >= 4 is 18.6 Å². The molecule has 1 aromatic rings. The molecule has 1 rings (SSSR count). The van der Waals surface area contributed by atoms with Gasteiger partial charge in [-0.1, -0.05) is 0 Å². The van der Waals surface area contributed by atoms with Crippen molar-refractivity contribution in [3.63, 3.8) is 0 Å². The summed E-state index contributed by atoms with van der Waals surface area (Å²) in [6, 6.07) is 0. The third-order valence-electron chi connectivity index (χ3n) is 1.06. The first-order valence-corrected chi connectivity index (χ1v) is 3.24. The SMILES string of the molecule is Nc1ncc(S)c(C(F)(F)F)n1. The number of nitrogen functional groups attached to an aromatic ring is 1. The summed E-state index contributed by atoms with van der Waals surface area (Å²) in [5.74, 6) is -0.417. The molecule has 0 atom stereocenters. The zero-order valence-corrected chi connectivity index (χ0v) is 6.52. The van der Waals surface area contributed by atoms with Crippen LogP contribution in [-0.4, -0.2) is 9.97 Å². The van der Waals surface area contributed by atoms with Gasteiger partial charge in [0, 0.05) is 6.20 Å². The lowest BCUT2D eigenvalue weighted by Gasteiger charge is -2.07. The van der Waals surface area contributed by atoms with Gasteiger partial charge in [0.1, 0.15) is 0 Å². The van der Waals surface area contributed by atoms with Gasteiger partial charge < -0.3 is 5.73 Å². The maximum atomic E-state index is 12.0. The second-order valence-electron chi connectivity index (χ2n) is 1.96. The maximum absolute atomic E-state index is 12.0. The number of thiol groups is 1. The Bertz CT molecular complexity index is 298. The summed E-state index contributed by atoms with van der Waals surface area (Å²) in [5, 5.41) is 0. The van der Waals surface area contributed by atoms with Crippen LogP contribution in [0.3, 0.4) is 0 Å². The Labute approximate surface area is 71.2 Å². The van der Waals surface area contributed by atoms with E-state index in [1.165, 1.54) is 0 Å². The Balaban J connectivity index is 3.23. The third kappa shape index (κ3) is 1.79. The predicted octanol–water partition coefficient (Wildman–Crippen LogP) is 1.37. The first-order valence-electron chi connectivity index (χ1n) is 2.80. The third-order valence-corrected chi connectivity index (χ3v) is 1.38. The van der Waals surface area contributed by atoms with E-state index in [0.717, 1.165) is 6.20 Å². The Morgan fingerprint density at radius 1 is 1.42 bits per heavy atom. The second-order valence-corrected chi connectivity index (χ2v) is 2.44. The molecule has 2 N–H and O–H groups in total. The summed E-state index contributed by atoms with van der Waals surface area (Å²) in [6.45, 7) is 0. The average Bonchev–Trinajstić information content (AvgIpc) is 1.92. The fourth-order valence-corrected chi connectivity index (χ4v) is 0.832. The summed E-state index contributed by atoms with van der Waals surface area (Å²) in [4.78, 5) is 6.02. The Kier molecular flexibility index (Phi) is 2.14. The van der Waals surface area contributed by atoms with Crippen molar-refractivity contribution in [2.45, 2.75) is 11.1 Å². The van der Waals surface area contributed by atoms with Crippen molar-refractivity contribution in [2.24, 2.45) is 0 Å². The fraction of sp³-hybridized carbons (Fsp3) is 0.200. The molecule has 0 fully saturated rings. The van der Waals surface area contributed by atoms with Crippen molar-refractivity contribution in [3.05, 3.63) is 11.9 Å². The van der Waals surface area contributed by atoms with E-state index in [0.29, 0.717) is 0 Å². The molecule has 0 aromatic carbocycles. The Morgan fingerprint density at radius 2 is 2.00 bits per heavy atom. The molecule has 0 aliphatic heterocycles. The van der Waals surface area contributed by atoms with Gasteiger partial charge in [0.15, 0.2) is 5.69 Å². The van der Waals surface area contributed by atoms with Gasteiger partial charge in [0.2, 0.25) is 5.95 Å². The molecule has 12 heavy (non-hydrogen) atoms. The van der Waals surface area contributed by atoms with E-state index in [1.54, 1.807) is 0 Å². The summed E-state index contributed by atoms with van der Waals surface area (Å²) >= 11 is 3.54. The monoisotopic (exact) mass is 195 g/mol. The van der Waals surface area contributed by atoms with Crippen LogP contribution in [0.4, 0.5) is 19.1 Å². The minimum atomic E-state index is -4.53. The van der Waals surface area contributed by atoms with Crippen molar-refractivity contribution in [1.29, 1.82) is 0 Å². The van der Waals surface area contributed by atoms with E-state index < -0.39 is 17.8 Å². The normalized spacial score (nSPS) is 11.7. The van der Waals surface area contributed by atoms with Crippen molar-refractivity contribution < 1.29 is 13.2 Å². The van der Waals surface area contributed by atoms with Crippen LogP contribution in [0.5, 0.6) is 0 Å². The van der Waals surface area contributed by atoms with Crippen LogP contribution in [0, 0.1) is 0 Å². The number of alkyl halides is 3. The standard InChI is InChI=1S/C5H4F3N3S/c6-5(7,8)3-2(12)1-10-4(9)11-3/h1,12H,(H2,9,10,11). The lowest BCUT2D eigenvalue weighted by Crippen LogP contribution is -2.11. The molecule has 0 saturated carbocycles. The van der Waals surface area contributed by atoms with E-state index >= 15 is 0 Å². The highest BCUT2D eigenvalue weighted by atomic mass is 32.1. The van der Waals surface area contributed by atoms with Crippen LogP contribution in [0.1, 0.15) is 5.69 Å². The minimum Gasteiger partial charge on any atom is -0.368 e. The molecule has 66 valence electrons. The van der Waals surface area contributed by atoms with Gasteiger partial charge in [-0.05, 0) is 0 Å². The van der Waals surface area contributed by atoms with Crippen LogP contribution in [0.2, 0.25) is 0 Å². The van der Waals surface area contributed by atoms with Gasteiger partial charge >= 0.3 is 6.18 Å². The number of hydrogen-bond acceptors (Lipinski definition) is 4. The molecule has 0 unspecified atom stereocenters. The summed E-state index contributed by atoms with van der Waals surface area (Å²) in [5.41, 5.74) is 3.86. The maximum Gasteiger partial charge on any atom is 0.434 e. The molecule has 0 spiro atoms. The topological polar surface area (TPSA) is 51.8 Å². The molecule has 1 heterocycles. The fourth-order valence-electron chi connectivity index (χ4n) is 0.598. The quantitative estimate of drug-likeness (QED) is 0.614. The summed E-state index contributed by atoms with van der Waals surface area (Å²) in [7, 11) is 0. The lowest BCUT2D eigenvalue weighted by molar-refractivity contribution is -0.143. The molecular weight excluding hydrogens is 191 g/mol. The highest BCUT2D eigenvalue weighted by Crippen LogP contribution is 2.31. The Morgan fingerprint density at radius 3 is 2.42 bits per heavy atom. The number of rotatable bonds is 0. The van der Waals surface area contributed by atoms with Crippen molar-refractivity contribution in [3.8, 4) is 0 Å². The summed E-state index contributed by atoms with van der Waals surface area (Å²) in [6.07, 6.45) is -3.62. The van der Waals surface area contributed by atoms with Crippen molar-refractivity contribution in [2.75, 3.05) is 5.73 Å². The lowest BCUT2D eigenvalue weighted by atomic mass is 10.4. The van der Waals surface area contributed by atoms with Gasteiger partial charge in [-0.15, -0.1) is 12.6 Å². The second kappa shape index (κ2) is 2.81. The van der Waals surface area contributed by atoms with E-state index in [9.17, 15) is 13.2 Å². The van der Waals surface area contributed by atoms with E-state index in [1.807, 2.05) is 0 Å². The number of nitrogens with zero attached hydrogens (tertiary/aromatic N) is 2. The van der Waals surface area contributed by atoms with Crippen LogP contribution in [0.15, 0.2) is 11.1 Å². The van der Waals surface area contributed by atoms with Gasteiger partial charge in [-0.25, -0.2) is 9.97 Å². The van der Waals surface area contributed by atoms with Gasteiger partial charge in [0.25, 0.3) is 0 Å². The molecule has 1 aromatic heterocycles. The highest BCUT2D eigenvalue weighted by Gasteiger charge is 2.35. The van der Waals surface area contributed by atoms with Crippen LogP contribution < -0.4 is 5.73 Å². The molecule has 0 aliphatic rings. The zero-order valence-electron chi connectivity index (χ0n) is 5.63. The van der Waals surface area contributed by atoms with Gasteiger partial charge in [-0.2, -0.15) is 13.2 Å². The molecule has 0 bridgehead atoms. The van der Waals surface area contributed by atoms with Gasteiger partial charge in [-0.3, -0.25) is 0 Å². The van der Waals surface area contributed by atoms with Gasteiger partial charge in [0.05, 0.1) is 4.90 Å². The first-order chi connectivity index (χ1) is 5.41. The average molecular weight is 195 g/mol. The van der Waals surface area contributed by atoms with Crippen LogP contribution in [0.25, 0.3) is 0 Å². The number of nitrogens with two attached hydrogens (primary N) is 1. The molecule has 3 nitrogen and oxygen atoms in total. The predicted molar refractivity (Wildman–Crippen MR) is 38.7 cm³/mol. The smallest absolute Gasteiger partial charge is 0.368 e. The van der Waals surface area contributed by atoms with Crippen molar-refractivity contribution in [1.82, 2.24) is 9.97 Å². The van der Waals surface area contributed by atoms with E-state index in [2.05, 4.69) is 22.6 Å². The number of anilines is 1. The van der Waals surface area contributed by atoms with Crippen LogP contribution in [-0.2, 0) is 6.18 Å². The Hall–Kier alpha value is -0.980. The molecular formula is C5H4F3N3S. The highest BCUT2D eigenvalue weighted by molar-refractivity contribution is 7.80. The molecule has 0 amide bonds. The summed E-state index contributed by atoms with van der Waals surface area (Å²) < 4.78 is 36.1. The largest absolute Gasteiger partial charge is 0.434 e. The molecule has 7 heteroatoms. The molecule has 0 radical (unpaired) electrons. The molecule has 0 saturated heterocycles. The number of hydrogen-bond donors (Lipinski definition) is 2. The van der Waals surface area contributed by atoms with E-state index in [4.69, 9.17) is 5.73 Å². The zero-order chi connectivity index (χ0) is 9.35. The number of aromatic nitrogens is 2. The number of halogens is 3. The van der Waals surface area contributed by atoms with E-state index in [-0.39, 0.29) is 4.90 Å². The minimum absolute atomic E-state index is 0.336. The first kappa shape index (κ1) is 9.11.